The number of nitrogens with one attached hydrogen (secondary N) is 1. The average Bonchev–Trinajstić information content (AvgIpc) is 2.35. The van der Waals surface area contributed by atoms with Crippen molar-refractivity contribution < 1.29 is 9.59 Å². The first-order valence-corrected chi connectivity index (χ1v) is 6.80. The van der Waals surface area contributed by atoms with Crippen molar-refractivity contribution in [2.75, 3.05) is 0 Å². The summed E-state index contributed by atoms with van der Waals surface area (Å²) in [6.07, 6.45) is 7.09. The van der Waals surface area contributed by atoms with Gasteiger partial charge in [0.15, 0.2) is 0 Å². The van der Waals surface area contributed by atoms with Gasteiger partial charge >= 0.3 is 0 Å². The van der Waals surface area contributed by atoms with Gasteiger partial charge in [0.25, 0.3) is 0 Å². The van der Waals surface area contributed by atoms with Crippen molar-refractivity contribution in [2.24, 2.45) is 5.92 Å². The molecule has 0 spiro atoms. The molecular formula is C14H22N2O2. The Balaban J connectivity index is 2.21. The van der Waals surface area contributed by atoms with Gasteiger partial charge in [-0.25, -0.2) is 0 Å². The van der Waals surface area contributed by atoms with Crippen LogP contribution in [0.25, 0.3) is 0 Å². The number of hydrogen-bond donors (Lipinski definition) is 1. The molecule has 1 aliphatic carbocycles. The van der Waals surface area contributed by atoms with E-state index in [1.165, 1.54) is 0 Å². The van der Waals surface area contributed by atoms with Crippen LogP contribution < -0.4 is 5.32 Å². The third-order valence-electron chi connectivity index (χ3n) is 3.92. The van der Waals surface area contributed by atoms with Crippen molar-refractivity contribution in [3.8, 4) is 0 Å². The van der Waals surface area contributed by atoms with Gasteiger partial charge in [0, 0.05) is 6.04 Å². The largest absolute Gasteiger partial charge is 0.342 e. The van der Waals surface area contributed by atoms with E-state index in [9.17, 15) is 9.59 Å². The molecule has 4 heteroatoms. The van der Waals surface area contributed by atoms with E-state index in [1.807, 2.05) is 25.7 Å². The lowest BCUT2D eigenvalue weighted by molar-refractivity contribution is -0.152. The van der Waals surface area contributed by atoms with Crippen LogP contribution in [0.3, 0.4) is 0 Å². The van der Waals surface area contributed by atoms with Crippen LogP contribution in [-0.4, -0.2) is 34.8 Å². The molecule has 0 aromatic carbocycles. The minimum atomic E-state index is -0.361. The van der Waals surface area contributed by atoms with Crippen molar-refractivity contribution in [2.45, 2.75) is 58.2 Å². The van der Waals surface area contributed by atoms with E-state index in [4.69, 9.17) is 0 Å². The van der Waals surface area contributed by atoms with Crippen LogP contribution in [0.2, 0.25) is 0 Å². The first kappa shape index (κ1) is 13.1. The van der Waals surface area contributed by atoms with Crippen LogP contribution in [0, 0.1) is 5.92 Å². The number of rotatable bonds is 2. The molecule has 100 valence electrons. The average molecular weight is 250 g/mol. The molecule has 0 aromatic heterocycles. The van der Waals surface area contributed by atoms with E-state index >= 15 is 0 Å². The molecule has 1 saturated heterocycles. The van der Waals surface area contributed by atoms with Gasteiger partial charge in [-0.15, -0.1) is 0 Å². The molecule has 0 saturated carbocycles. The molecule has 0 bridgehead atoms. The van der Waals surface area contributed by atoms with Crippen molar-refractivity contribution in [3.63, 3.8) is 0 Å². The predicted octanol–water partition coefficient (Wildman–Crippen LogP) is 1.47. The quantitative estimate of drug-likeness (QED) is 0.754. The second-order valence-corrected chi connectivity index (χ2v) is 5.59. The Morgan fingerprint density at radius 3 is 2.61 bits per heavy atom. The number of nitrogens with zero attached hydrogens (tertiary/aromatic N) is 1. The fourth-order valence-electron chi connectivity index (χ4n) is 2.79. The monoisotopic (exact) mass is 250 g/mol. The van der Waals surface area contributed by atoms with Crippen LogP contribution in [0.1, 0.15) is 40.0 Å². The van der Waals surface area contributed by atoms with Gasteiger partial charge in [-0.2, -0.15) is 0 Å². The molecule has 3 atom stereocenters. The van der Waals surface area contributed by atoms with Gasteiger partial charge in [-0.1, -0.05) is 26.0 Å². The first-order valence-electron chi connectivity index (χ1n) is 6.80. The van der Waals surface area contributed by atoms with Gasteiger partial charge in [-0.3, -0.25) is 9.59 Å². The maximum absolute atomic E-state index is 12.5. The number of allylic oxidation sites excluding steroid dienone is 1. The van der Waals surface area contributed by atoms with Crippen LogP contribution in [0.5, 0.6) is 0 Å². The topological polar surface area (TPSA) is 49.4 Å². The summed E-state index contributed by atoms with van der Waals surface area (Å²) in [4.78, 5) is 26.3. The number of piperazine rings is 1. The predicted molar refractivity (Wildman–Crippen MR) is 69.9 cm³/mol. The zero-order valence-corrected chi connectivity index (χ0v) is 11.3. The van der Waals surface area contributed by atoms with Crippen LogP contribution in [0.4, 0.5) is 0 Å². The molecule has 2 aliphatic rings. The zero-order valence-electron chi connectivity index (χ0n) is 11.3. The molecule has 1 aliphatic heterocycles. The number of hydrogen-bond acceptors (Lipinski definition) is 2. The fraction of sp³-hybridized carbons (Fsp3) is 0.714. The van der Waals surface area contributed by atoms with Crippen molar-refractivity contribution >= 4 is 11.8 Å². The van der Waals surface area contributed by atoms with E-state index in [-0.39, 0.29) is 35.9 Å². The fourth-order valence-corrected chi connectivity index (χ4v) is 2.79. The van der Waals surface area contributed by atoms with Crippen molar-refractivity contribution in [1.29, 1.82) is 0 Å². The summed E-state index contributed by atoms with van der Waals surface area (Å²) in [6.45, 7) is 5.76. The molecule has 3 unspecified atom stereocenters. The lowest BCUT2D eigenvalue weighted by atomic mass is 9.93. The van der Waals surface area contributed by atoms with Crippen molar-refractivity contribution in [3.05, 3.63) is 12.2 Å². The number of carbonyl (C=O) groups is 2. The molecule has 1 fully saturated rings. The Morgan fingerprint density at radius 2 is 2.06 bits per heavy atom. The highest BCUT2D eigenvalue weighted by atomic mass is 16.2. The number of carbonyl (C=O) groups excluding carboxylic acids is 2. The molecule has 1 N–H and O–H groups in total. The Labute approximate surface area is 108 Å². The maximum Gasteiger partial charge on any atom is 0.246 e. The molecule has 0 radical (unpaired) electrons. The highest BCUT2D eigenvalue weighted by molar-refractivity contribution is 5.97. The minimum absolute atomic E-state index is 0.0251. The van der Waals surface area contributed by atoms with Crippen molar-refractivity contribution in [1.82, 2.24) is 10.2 Å². The Bertz CT molecular complexity index is 376. The van der Waals surface area contributed by atoms with Crippen LogP contribution in [0.15, 0.2) is 12.2 Å². The summed E-state index contributed by atoms with van der Waals surface area (Å²) in [5.41, 5.74) is 0. The lowest BCUT2D eigenvalue weighted by Crippen LogP contribution is -2.66. The molecule has 2 rings (SSSR count). The third-order valence-corrected chi connectivity index (χ3v) is 3.92. The molecule has 4 nitrogen and oxygen atoms in total. The van der Waals surface area contributed by atoms with Gasteiger partial charge in [0.1, 0.15) is 12.1 Å². The van der Waals surface area contributed by atoms with Gasteiger partial charge in [0.05, 0.1) is 0 Å². The summed E-state index contributed by atoms with van der Waals surface area (Å²) >= 11 is 0. The molecular weight excluding hydrogens is 228 g/mol. The van der Waals surface area contributed by atoms with Gasteiger partial charge < -0.3 is 10.2 Å². The lowest BCUT2D eigenvalue weighted by Gasteiger charge is -2.43. The summed E-state index contributed by atoms with van der Waals surface area (Å²) in [6, 6.07) is -0.520. The molecule has 0 aromatic rings. The number of amides is 2. The van der Waals surface area contributed by atoms with Gasteiger partial charge in [-0.05, 0) is 32.1 Å². The second kappa shape index (κ2) is 5.12. The SMILES string of the molecule is CC(C)C1NC(=O)C(C)N(C2CC=CCC2)C1=O. The molecule has 1 heterocycles. The normalized spacial score (nSPS) is 32.9. The molecule has 18 heavy (non-hydrogen) atoms. The van der Waals surface area contributed by atoms with Crippen LogP contribution >= 0.6 is 0 Å². The minimum Gasteiger partial charge on any atom is -0.342 e. The third kappa shape index (κ3) is 2.28. The Kier molecular flexibility index (Phi) is 3.73. The zero-order chi connectivity index (χ0) is 13.3. The first-order chi connectivity index (χ1) is 8.52. The molecule has 2 amide bonds. The summed E-state index contributed by atoms with van der Waals surface area (Å²) in [5, 5.41) is 2.84. The summed E-state index contributed by atoms with van der Waals surface area (Å²) in [7, 11) is 0. The maximum atomic E-state index is 12.5. The van der Waals surface area contributed by atoms with E-state index in [0.717, 1.165) is 19.3 Å². The van der Waals surface area contributed by atoms with E-state index < -0.39 is 0 Å². The smallest absolute Gasteiger partial charge is 0.246 e. The Morgan fingerprint density at radius 1 is 1.33 bits per heavy atom. The van der Waals surface area contributed by atoms with E-state index in [2.05, 4.69) is 17.5 Å². The summed E-state index contributed by atoms with van der Waals surface area (Å²) < 4.78 is 0. The standard InChI is InChI=1S/C14H22N2O2/c1-9(2)12-14(18)16(10(3)13(17)15-12)11-7-5-4-6-8-11/h4-5,9-12H,6-8H2,1-3H3,(H,15,17). The highest BCUT2D eigenvalue weighted by Gasteiger charge is 2.42. The Hall–Kier alpha value is -1.32. The second-order valence-electron chi connectivity index (χ2n) is 5.59. The van der Waals surface area contributed by atoms with E-state index in [1.54, 1.807) is 0 Å². The summed E-state index contributed by atoms with van der Waals surface area (Å²) in [5.74, 6) is 0.191. The van der Waals surface area contributed by atoms with Crippen LogP contribution in [-0.2, 0) is 9.59 Å². The van der Waals surface area contributed by atoms with Gasteiger partial charge in [0.2, 0.25) is 11.8 Å². The van der Waals surface area contributed by atoms with E-state index in [0.29, 0.717) is 0 Å². The highest BCUT2D eigenvalue weighted by Crippen LogP contribution is 2.24.